The van der Waals surface area contributed by atoms with Crippen LogP contribution in [0.4, 0.5) is 0 Å². The summed E-state index contributed by atoms with van der Waals surface area (Å²) in [5.74, 6) is 0. The molecule has 0 saturated carbocycles. The van der Waals surface area contributed by atoms with Crippen molar-refractivity contribution in [3.63, 3.8) is 0 Å². The van der Waals surface area contributed by atoms with Gasteiger partial charge in [-0.2, -0.15) is 0 Å². The topological polar surface area (TPSA) is 0 Å². The molecule has 0 amide bonds. The molecule has 0 saturated heterocycles. The fraction of sp³-hybridized carbons (Fsp3) is 0.800. The van der Waals surface area contributed by atoms with Crippen LogP contribution in [0.3, 0.4) is 0 Å². The smallest absolute Gasteiger partial charge is 0.0987 e. The average molecular weight is 191 g/mol. The quantitative estimate of drug-likeness (QED) is 0.585. The van der Waals surface area contributed by atoms with Gasteiger partial charge in [0.2, 0.25) is 0 Å². The van der Waals surface area contributed by atoms with Crippen LogP contribution < -0.4 is 0 Å². The highest BCUT2D eigenvalue weighted by Crippen LogP contribution is 2.08. The molecule has 1 nitrogen and oxygen atoms in total. The van der Waals surface area contributed by atoms with E-state index in [0.717, 1.165) is 16.1 Å². The molecule has 0 aliphatic heterocycles. The first kappa shape index (κ1) is 12.0. The molecule has 0 fully saturated rings. The second kappa shape index (κ2) is 5.60. The largest absolute Gasteiger partial charge is 0.321 e. The van der Waals surface area contributed by atoms with Crippen LogP contribution in [0.5, 0.6) is 0 Å². The first-order valence-corrected chi connectivity index (χ1v) is 5.15. The number of hydrogen-bond acceptors (Lipinski definition) is 0. The molecule has 2 heteroatoms. The molecule has 12 heavy (non-hydrogen) atoms. The van der Waals surface area contributed by atoms with E-state index in [1.165, 1.54) is 19.6 Å². The van der Waals surface area contributed by atoms with Crippen molar-refractivity contribution in [2.45, 2.75) is 27.7 Å². The van der Waals surface area contributed by atoms with Crippen molar-refractivity contribution in [3.8, 4) is 0 Å². The summed E-state index contributed by atoms with van der Waals surface area (Å²) in [5, 5.41) is 0.910. The summed E-state index contributed by atoms with van der Waals surface area (Å²) in [5.41, 5.74) is 0. The van der Waals surface area contributed by atoms with Crippen molar-refractivity contribution in [2.24, 2.45) is 0 Å². The van der Waals surface area contributed by atoms with Crippen molar-refractivity contribution in [2.75, 3.05) is 26.2 Å². The number of nitrogens with zero attached hydrogens (tertiary/aromatic N) is 1. The molecule has 0 spiro atoms. The first-order chi connectivity index (χ1) is 5.60. The molecule has 0 aliphatic carbocycles. The third-order valence-electron chi connectivity index (χ3n) is 2.77. The van der Waals surface area contributed by atoms with E-state index in [1.807, 2.05) is 6.92 Å². The van der Waals surface area contributed by atoms with Gasteiger partial charge in [-0.3, -0.25) is 0 Å². The molecule has 72 valence electrons. The van der Waals surface area contributed by atoms with Gasteiger partial charge in [-0.05, 0) is 33.8 Å². The molecular formula is C10H21ClN+. The predicted octanol–water partition coefficient (Wildman–Crippen LogP) is 3.01. The third kappa shape index (κ3) is 3.59. The molecule has 0 bridgehead atoms. The lowest BCUT2D eigenvalue weighted by atomic mass is 10.3. The van der Waals surface area contributed by atoms with Crippen LogP contribution in [0.1, 0.15) is 27.7 Å². The van der Waals surface area contributed by atoms with Gasteiger partial charge in [-0.25, -0.2) is 0 Å². The van der Waals surface area contributed by atoms with Gasteiger partial charge < -0.3 is 4.48 Å². The zero-order valence-electron chi connectivity index (χ0n) is 8.73. The van der Waals surface area contributed by atoms with Crippen molar-refractivity contribution < 1.29 is 4.48 Å². The molecule has 0 N–H and O–H groups in total. The van der Waals surface area contributed by atoms with Gasteiger partial charge in [0.05, 0.1) is 26.2 Å². The Morgan fingerprint density at radius 3 is 1.83 bits per heavy atom. The van der Waals surface area contributed by atoms with Gasteiger partial charge in [0.25, 0.3) is 0 Å². The third-order valence-corrected chi connectivity index (χ3v) is 2.93. The minimum absolute atomic E-state index is 0.910. The van der Waals surface area contributed by atoms with Crippen LogP contribution in [0.25, 0.3) is 0 Å². The van der Waals surface area contributed by atoms with Crippen LogP contribution in [-0.2, 0) is 0 Å². The lowest BCUT2D eigenvalue weighted by Gasteiger charge is -2.34. The van der Waals surface area contributed by atoms with E-state index < -0.39 is 0 Å². The second-order valence-electron chi connectivity index (χ2n) is 3.26. The van der Waals surface area contributed by atoms with E-state index in [0.29, 0.717) is 0 Å². The molecule has 0 aromatic rings. The molecular weight excluding hydrogens is 170 g/mol. The minimum Gasteiger partial charge on any atom is -0.321 e. The van der Waals surface area contributed by atoms with Crippen molar-refractivity contribution >= 4 is 11.6 Å². The fourth-order valence-electron chi connectivity index (χ4n) is 1.38. The summed E-state index contributed by atoms with van der Waals surface area (Å²) >= 11 is 5.81. The summed E-state index contributed by atoms with van der Waals surface area (Å²) in [6, 6.07) is 0. The average Bonchev–Trinajstić information content (AvgIpc) is 2.08. The van der Waals surface area contributed by atoms with Gasteiger partial charge in [0.1, 0.15) is 0 Å². The molecule has 0 heterocycles. The zero-order valence-corrected chi connectivity index (χ0v) is 9.49. The Morgan fingerprint density at radius 1 is 1.17 bits per heavy atom. The number of halogens is 1. The van der Waals surface area contributed by atoms with Gasteiger partial charge in [0.15, 0.2) is 0 Å². The molecule has 0 atom stereocenters. The Balaban J connectivity index is 4.20. The predicted molar refractivity (Wildman–Crippen MR) is 56.4 cm³/mol. The van der Waals surface area contributed by atoms with E-state index >= 15 is 0 Å². The number of rotatable bonds is 5. The highest BCUT2D eigenvalue weighted by atomic mass is 35.5. The monoisotopic (exact) mass is 190 g/mol. The minimum atomic E-state index is 0.910. The molecule has 0 unspecified atom stereocenters. The highest BCUT2D eigenvalue weighted by Gasteiger charge is 2.18. The van der Waals surface area contributed by atoms with E-state index in [-0.39, 0.29) is 0 Å². The summed E-state index contributed by atoms with van der Waals surface area (Å²) in [7, 11) is 0. The molecule has 0 aromatic heterocycles. The standard InChI is InChI=1S/C10H21ClN/c1-5-12(6-2,7-3)9-8-10(4)11/h8H,5-7,9H2,1-4H3/q+1/b10-8-. The lowest BCUT2D eigenvalue weighted by molar-refractivity contribution is -0.917. The Kier molecular flexibility index (Phi) is 5.60. The van der Waals surface area contributed by atoms with Gasteiger partial charge in [-0.15, -0.1) is 0 Å². The van der Waals surface area contributed by atoms with Crippen LogP contribution in [0.15, 0.2) is 11.1 Å². The Morgan fingerprint density at radius 2 is 1.58 bits per heavy atom. The molecule has 0 aromatic carbocycles. The van der Waals surface area contributed by atoms with Crippen molar-refractivity contribution in [1.29, 1.82) is 0 Å². The maximum absolute atomic E-state index is 5.81. The summed E-state index contributed by atoms with van der Waals surface area (Å²) in [6.45, 7) is 13.3. The number of quaternary nitrogens is 1. The van der Waals surface area contributed by atoms with E-state index in [9.17, 15) is 0 Å². The number of allylic oxidation sites excluding steroid dienone is 1. The number of hydrogen-bond donors (Lipinski definition) is 0. The molecule has 0 radical (unpaired) electrons. The second-order valence-corrected chi connectivity index (χ2v) is 3.86. The molecule has 0 aliphatic rings. The van der Waals surface area contributed by atoms with E-state index in [2.05, 4.69) is 26.8 Å². The van der Waals surface area contributed by atoms with Crippen molar-refractivity contribution in [1.82, 2.24) is 0 Å². The number of likely N-dealkylation sites (N-methyl/N-ethyl adjacent to an activating group) is 1. The Labute approximate surface area is 81.6 Å². The maximum atomic E-state index is 5.81. The lowest BCUT2D eigenvalue weighted by Crippen LogP contribution is -2.47. The Bertz CT molecular complexity index is 136. The summed E-state index contributed by atoms with van der Waals surface area (Å²) in [6.07, 6.45) is 2.12. The van der Waals surface area contributed by atoms with E-state index in [4.69, 9.17) is 11.6 Å². The highest BCUT2D eigenvalue weighted by molar-refractivity contribution is 6.29. The molecule has 0 rings (SSSR count). The van der Waals surface area contributed by atoms with Crippen LogP contribution in [0.2, 0.25) is 0 Å². The van der Waals surface area contributed by atoms with Gasteiger partial charge >= 0.3 is 0 Å². The SMILES string of the molecule is CC[N+](CC)(CC)C/C=C(/C)Cl. The van der Waals surface area contributed by atoms with Crippen LogP contribution in [0, 0.1) is 0 Å². The van der Waals surface area contributed by atoms with Crippen LogP contribution in [-0.4, -0.2) is 30.7 Å². The van der Waals surface area contributed by atoms with Gasteiger partial charge in [-0.1, -0.05) is 11.6 Å². The Hall–Kier alpha value is -0.0100. The van der Waals surface area contributed by atoms with Gasteiger partial charge in [0, 0.05) is 5.03 Å². The van der Waals surface area contributed by atoms with E-state index in [1.54, 1.807) is 0 Å². The van der Waals surface area contributed by atoms with Crippen LogP contribution >= 0.6 is 11.6 Å². The van der Waals surface area contributed by atoms with Crippen molar-refractivity contribution in [3.05, 3.63) is 11.1 Å². The normalized spacial score (nSPS) is 13.6. The summed E-state index contributed by atoms with van der Waals surface area (Å²) in [4.78, 5) is 0. The first-order valence-electron chi connectivity index (χ1n) is 4.77. The zero-order chi connectivity index (χ0) is 9.61. The maximum Gasteiger partial charge on any atom is 0.0987 e. The fourth-order valence-corrected chi connectivity index (χ4v) is 1.45. The summed E-state index contributed by atoms with van der Waals surface area (Å²) < 4.78 is 1.14.